The average Bonchev–Trinajstić information content (AvgIpc) is 2.50. The fourth-order valence-electron chi connectivity index (χ4n) is 1.13. The maximum atomic E-state index is 11.2. The van der Waals surface area contributed by atoms with Gasteiger partial charge in [-0.15, -0.1) is 11.3 Å². The Balaban J connectivity index is 2.56. The zero-order valence-electron chi connectivity index (χ0n) is 7.37. The molecule has 1 N–H and O–H groups in total. The zero-order chi connectivity index (χ0) is 10.1. The monoisotopic (exact) mass is 270 g/mol. The highest BCUT2D eigenvalue weighted by Gasteiger charge is 2.04. The van der Waals surface area contributed by atoms with Crippen LogP contribution < -0.4 is 5.56 Å². The van der Waals surface area contributed by atoms with Gasteiger partial charge in [0.1, 0.15) is 0 Å². The number of nitrogens with zero attached hydrogens (tertiary/aromatic N) is 1. The Hall–Kier alpha value is -0.940. The fourth-order valence-corrected chi connectivity index (χ4v) is 2.50. The fraction of sp³-hybridized carbons (Fsp3) is 0.111. The molecule has 5 heteroatoms. The summed E-state index contributed by atoms with van der Waals surface area (Å²) >= 11 is 4.90. The maximum Gasteiger partial charge on any atom is 0.251 e. The van der Waals surface area contributed by atoms with E-state index in [1.807, 2.05) is 11.4 Å². The van der Waals surface area contributed by atoms with Gasteiger partial charge in [-0.25, -0.2) is 4.98 Å². The predicted octanol–water partition coefficient (Wildman–Crippen LogP) is 2.57. The lowest BCUT2D eigenvalue weighted by atomic mass is 10.4. The third-order valence-corrected chi connectivity index (χ3v) is 3.37. The number of hydrogen-bond acceptors (Lipinski definition) is 3. The van der Waals surface area contributed by atoms with Crippen molar-refractivity contribution in [2.24, 2.45) is 0 Å². The van der Waals surface area contributed by atoms with Gasteiger partial charge in [-0.2, -0.15) is 0 Å². The summed E-state index contributed by atoms with van der Waals surface area (Å²) in [6.07, 6.45) is 0. The molecular formula is C9H7BrN2OS. The standard InChI is InChI=1S/C9H7BrN2OS/c1-5-2-8(13)12-9(11-5)7-3-6(10)4-14-7/h2-4H,1H3,(H,11,12,13). The lowest BCUT2D eigenvalue weighted by molar-refractivity contribution is 1.08. The largest absolute Gasteiger partial charge is 0.306 e. The Morgan fingerprint density at radius 3 is 2.86 bits per heavy atom. The van der Waals surface area contributed by atoms with Gasteiger partial charge in [-0.05, 0) is 28.9 Å². The van der Waals surface area contributed by atoms with Crippen LogP contribution in [0.25, 0.3) is 10.7 Å². The molecule has 0 amide bonds. The van der Waals surface area contributed by atoms with Gasteiger partial charge >= 0.3 is 0 Å². The number of aromatic amines is 1. The van der Waals surface area contributed by atoms with E-state index < -0.39 is 0 Å². The first kappa shape index (κ1) is 9.61. The molecule has 0 aliphatic carbocycles. The van der Waals surface area contributed by atoms with Crippen LogP contribution in [0, 0.1) is 6.92 Å². The SMILES string of the molecule is Cc1cc(=O)[nH]c(-c2cc(Br)cs2)n1. The van der Waals surface area contributed by atoms with E-state index in [2.05, 4.69) is 25.9 Å². The quantitative estimate of drug-likeness (QED) is 0.866. The molecule has 72 valence electrons. The van der Waals surface area contributed by atoms with Crippen LogP contribution >= 0.6 is 27.3 Å². The van der Waals surface area contributed by atoms with Crippen molar-refractivity contribution in [2.45, 2.75) is 6.92 Å². The summed E-state index contributed by atoms with van der Waals surface area (Å²) < 4.78 is 1.00. The summed E-state index contributed by atoms with van der Waals surface area (Å²) in [6.45, 7) is 1.81. The number of H-pyrrole nitrogens is 1. The predicted molar refractivity (Wildman–Crippen MR) is 60.6 cm³/mol. The highest BCUT2D eigenvalue weighted by Crippen LogP contribution is 2.26. The van der Waals surface area contributed by atoms with Crippen LogP contribution in [0.2, 0.25) is 0 Å². The van der Waals surface area contributed by atoms with Gasteiger partial charge in [0.15, 0.2) is 5.82 Å². The number of thiophene rings is 1. The molecule has 0 aromatic carbocycles. The Kier molecular flexibility index (Phi) is 2.52. The Morgan fingerprint density at radius 1 is 1.50 bits per heavy atom. The number of aryl methyl sites for hydroxylation is 1. The summed E-state index contributed by atoms with van der Waals surface area (Å²) in [4.78, 5) is 19.1. The number of hydrogen-bond donors (Lipinski definition) is 1. The van der Waals surface area contributed by atoms with Gasteiger partial charge in [-0.3, -0.25) is 4.79 Å². The second-order valence-electron chi connectivity index (χ2n) is 2.86. The van der Waals surface area contributed by atoms with E-state index in [0.29, 0.717) is 5.82 Å². The molecule has 2 rings (SSSR count). The first-order chi connectivity index (χ1) is 6.65. The van der Waals surface area contributed by atoms with Crippen LogP contribution in [0.3, 0.4) is 0 Å². The molecule has 0 radical (unpaired) electrons. The first-order valence-electron chi connectivity index (χ1n) is 3.97. The van der Waals surface area contributed by atoms with E-state index >= 15 is 0 Å². The van der Waals surface area contributed by atoms with Crippen molar-refractivity contribution in [3.8, 4) is 10.7 Å². The molecule has 0 bridgehead atoms. The number of halogens is 1. The van der Waals surface area contributed by atoms with E-state index in [4.69, 9.17) is 0 Å². The molecule has 0 aliphatic heterocycles. The molecule has 3 nitrogen and oxygen atoms in total. The molecule has 0 saturated heterocycles. The molecule has 2 heterocycles. The van der Waals surface area contributed by atoms with Gasteiger partial charge in [0.25, 0.3) is 5.56 Å². The number of nitrogens with one attached hydrogen (secondary N) is 1. The first-order valence-corrected chi connectivity index (χ1v) is 5.65. The minimum atomic E-state index is -0.114. The van der Waals surface area contributed by atoms with E-state index in [0.717, 1.165) is 15.0 Å². The average molecular weight is 271 g/mol. The highest BCUT2D eigenvalue weighted by atomic mass is 79.9. The summed E-state index contributed by atoms with van der Waals surface area (Å²) in [7, 11) is 0. The lowest BCUT2D eigenvalue weighted by Gasteiger charge is -1.96. The third kappa shape index (κ3) is 1.93. The number of aromatic nitrogens is 2. The Labute approximate surface area is 93.0 Å². The summed E-state index contributed by atoms with van der Waals surface area (Å²) in [5, 5.41) is 1.96. The molecule has 0 saturated carbocycles. The van der Waals surface area contributed by atoms with Crippen LogP contribution in [0.4, 0.5) is 0 Å². The van der Waals surface area contributed by atoms with Gasteiger partial charge < -0.3 is 4.98 Å². The van der Waals surface area contributed by atoms with Crippen molar-refractivity contribution < 1.29 is 0 Å². The summed E-state index contributed by atoms with van der Waals surface area (Å²) in [5.41, 5.74) is 0.616. The summed E-state index contributed by atoms with van der Waals surface area (Å²) in [5.74, 6) is 0.630. The Morgan fingerprint density at radius 2 is 2.29 bits per heavy atom. The smallest absolute Gasteiger partial charge is 0.251 e. The van der Waals surface area contributed by atoms with Crippen LogP contribution in [0.5, 0.6) is 0 Å². The second-order valence-corrected chi connectivity index (χ2v) is 4.69. The molecule has 0 atom stereocenters. The third-order valence-electron chi connectivity index (χ3n) is 1.67. The van der Waals surface area contributed by atoms with Crippen molar-refractivity contribution in [3.05, 3.63) is 38.0 Å². The molecule has 0 spiro atoms. The van der Waals surface area contributed by atoms with Crippen molar-refractivity contribution in [3.63, 3.8) is 0 Å². The van der Waals surface area contributed by atoms with E-state index in [9.17, 15) is 4.79 Å². The minimum absolute atomic E-state index is 0.114. The van der Waals surface area contributed by atoms with Crippen LogP contribution in [0.15, 0.2) is 26.8 Å². The van der Waals surface area contributed by atoms with Crippen molar-refractivity contribution in [2.75, 3.05) is 0 Å². The summed E-state index contributed by atoms with van der Waals surface area (Å²) in [6, 6.07) is 3.41. The normalized spacial score (nSPS) is 10.4. The number of rotatable bonds is 1. The second kappa shape index (κ2) is 3.67. The van der Waals surface area contributed by atoms with Crippen LogP contribution in [-0.4, -0.2) is 9.97 Å². The van der Waals surface area contributed by atoms with Crippen molar-refractivity contribution >= 4 is 27.3 Å². The van der Waals surface area contributed by atoms with Gasteiger partial charge in [0.05, 0.1) is 4.88 Å². The zero-order valence-corrected chi connectivity index (χ0v) is 9.78. The van der Waals surface area contributed by atoms with E-state index in [1.54, 1.807) is 18.3 Å². The van der Waals surface area contributed by atoms with Gasteiger partial charge in [0, 0.05) is 21.6 Å². The molecule has 0 aliphatic rings. The Bertz CT molecular complexity index is 518. The van der Waals surface area contributed by atoms with Crippen LogP contribution in [-0.2, 0) is 0 Å². The van der Waals surface area contributed by atoms with Crippen molar-refractivity contribution in [1.29, 1.82) is 0 Å². The van der Waals surface area contributed by atoms with Gasteiger partial charge in [-0.1, -0.05) is 0 Å². The van der Waals surface area contributed by atoms with Crippen LogP contribution in [0.1, 0.15) is 5.69 Å². The van der Waals surface area contributed by atoms with E-state index in [1.165, 1.54) is 6.07 Å². The molecule has 2 aromatic rings. The highest BCUT2D eigenvalue weighted by molar-refractivity contribution is 9.10. The lowest BCUT2D eigenvalue weighted by Crippen LogP contribution is -2.07. The molecule has 2 aromatic heterocycles. The van der Waals surface area contributed by atoms with Crippen molar-refractivity contribution in [1.82, 2.24) is 9.97 Å². The molecule has 0 fully saturated rings. The molecule has 14 heavy (non-hydrogen) atoms. The van der Waals surface area contributed by atoms with E-state index in [-0.39, 0.29) is 5.56 Å². The topological polar surface area (TPSA) is 45.8 Å². The minimum Gasteiger partial charge on any atom is -0.306 e. The maximum absolute atomic E-state index is 11.2. The molecular weight excluding hydrogens is 264 g/mol. The molecule has 0 unspecified atom stereocenters. The van der Waals surface area contributed by atoms with Gasteiger partial charge in [0.2, 0.25) is 0 Å².